The molecule has 3 saturated carbocycles. The van der Waals surface area contributed by atoms with Crippen molar-refractivity contribution in [3.63, 3.8) is 0 Å². The average molecular weight is 337 g/mol. The van der Waals surface area contributed by atoms with Crippen molar-refractivity contribution in [3.05, 3.63) is 0 Å². The molecule has 0 aromatic carbocycles. The van der Waals surface area contributed by atoms with E-state index in [-0.39, 0.29) is 0 Å². The fraction of sp³-hybridized carbons (Fsp3) is 1.00. The largest absolute Gasteiger partial charge is 0.0625 e. The highest BCUT2D eigenvalue weighted by atomic mass is 14.2. The first-order valence-electron chi connectivity index (χ1n) is 11.4. The summed E-state index contributed by atoms with van der Waals surface area (Å²) in [6.07, 6.45) is 17.7. The second-order valence-electron chi connectivity index (χ2n) is 10.1. The minimum Gasteiger partial charge on any atom is -0.0625 e. The molecule has 0 saturated heterocycles. The van der Waals surface area contributed by atoms with Crippen LogP contribution in [0.1, 0.15) is 119 Å². The van der Waals surface area contributed by atoms with Gasteiger partial charge in [-0.05, 0) is 35.5 Å². The van der Waals surface area contributed by atoms with Crippen molar-refractivity contribution in [1.29, 1.82) is 0 Å². The van der Waals surface area contributed by atoms with Crippen LogP contribution in [0.4, 0.5) is 0 Å². The van der Waals surface area contributed by atoms with E-state index in [2.05, 4.69) is 41.5 Å². The molecular weight excluding hydrogens is 288 g/mol. The van der Waals surface area contributed by atoms with Gasteiger partial charge in [-0.3, -0.25) is 0 Å². The van der Waals surface area contributed by atoms with Crippen molar-refractivity contribution in [2.45, 2.75) is 119 Å². The van der Waals surface area contributed by atoms with Gasteiger partial charge in [-0.25, -0.2) is 0 Å². The third-order valence-corrected chi connectivity index (χ3v) is 6.91. The molecule has 0 aromatic heterocycles. The van der Waals surface area contributed by atoms with Gasteiger partial charge in [0.15, 0.2) is 0 Å². The Labute approximate surface area is 154 Å². The molecule has 0 spiro atoms. The van der Waals surface area contributed by atoms with Gasteiger partial charge in [-0.1, -0.05) is 119 Å². The maximum absolute atomic E-state index is 2.37. The van der Waals surface area contributed by atoms with Crippen LogP contribution in [0.25, 0.3) is 0 Å². The van der Waals surface area contributed by atoms with E-state index < -0.39 is 0 Å². The van der Waals surface area contributed by atoms with Crippen molar-refractivity contribution >= 4 is 0 Å². The van der Waals surface area contributed by atoms with E-state index in [9.17, 15) is 0 Å². The summed E-state index contributed by atoms with van der Waals surface area (Å²) in [4.78, 5) is 0. The fourth-order valence-electron chi connectivity index (χ4n) is 4.28. The lowest BCUT2D eigenvalue weighted by atomic mass is 9.84. The summed E-state index contributed by atoms with van der Waals surface area (Å²) in [6.45, 7) is 14.2. The maximum Gasteiger partial charge on any atom is -0.0443 e. The van der Waals surface area contributed by atoms with Crippen LogP contribution in [0.5, 0.6) is 0 Å². The standard InChI is InChI=1S/3C8H16/c3*1-7-3-5-8(2)6-4-7/h3*7-8H,3-6H2,1-2H3. The summed E-state index contributed by atoms with van der Waals surface area (Å²) in [6, 6.07) is 0. The molecule has 0 atom stereocenters. The van der Waals surface area contributed by atoms with Gasteiger partial charge in [-0.15, -0.1) is 0 Å². The molecule has 144 valence electrons. The Kier molecular flexibility index (Phi) is 11.4. The smallest absolute Gasteiger partial charge is 0.0443 e. The van der Waals surface area contributed by atoms with Crippen molar-refractivity contribution in [1.82, 2.24) is 0 Å². The van der Waals surface area contributed by atoms with Gasteiger partial charge in [-0.2, -0.15) is 0 Å². The minimum absolute atomic E-state index is 1.02. The molecule has 3 aliphatic rings. The molecule has 3 fully saturated rings. The molecule has 0 radical (unpaired) electrons. The zero-order chi connectivity index (χ0) is 17.9. The lowest BCUT2D eigenvalue weighted by Gasteiger charge is -2.22. The SMILES string of the molecule is CC1CCC(C)CC1.CC1CCC(C)CC1.CC1CCC(C)CC1. The molecule has 3 aliphatic carbocycles. The predicted molar refractivity (Wildman–Crippen MR) is 110 cm³/mol. The normalized spacial score (nSPS) is 39.8. The summed E-state index contributed by atoms with van der Waals surface area (Å²) in [5.41, 5.74) is 0. The van der Waals surface area contributed by atoms with Crippen LogP contribution in [-0.2, 0) is 0 Å². The van der Waals surface area contributed by atoms with E-state index in [1.165, 1.54) is 77.0 Å². The number of hydrogen-bond donors (Lipinski definition) is 0. The molecule has 0 unspecified atom stereocenters. The van der Waals surface area contributed by atoms with Gasteiger partial charge in [0.1, 0.15) is 0 Å². The minimum atomic E-state index is 1.02. The summed E-state index contributed by atoms with van der Waals surface area (Å²) in [5, 5.41) is 0. The lowest BCUT2D eigenvalue weighted by molar-refractivity contribution is 0.308. The highest BCUT2D eigenvalue weighted by Crippen LogP contribution is 2.28. The Morgan fingerprint density at radius 3 is 0.417 bits per heavy atom. The van der Waals surface area contributed by atoms with E-state index in [1.54, 1.807) is 0 Å². The zero-order valence-electron chi connectivity index (χ0n) is 17.9. The molecule has 24 heavy (non-hydrogen) atoms. The summed E-state index contributed by atoms with van der Waals surface area (Å²) in [7, 11) is 0. The first kappa shape index (κ1) is 22.0. The molecule has 0 nitrogen and oxygen atoms in total. The summed E-state index contributed by atoms with van der Waals surface area (Å²) in [5.74, 6) is 6.12. The Balaban J connectivity index is 0.000000180. The fourth-order valence-corrected chi connectivity index (χ4v) is 4.28. The molecule has 0 heteroatoms. The molecule has 0 heterocycles. The first-order valence-corrected chi connectivity index (χ1v) is 11.4. The maximum atomic E-state index is 2.37. The average Bonchev–Trinajstić information content (AvgIpc) is 2.57. The van der Waals surface area contributed by atoms with Crippen LogP contribution in [-0.4, -0.2) is 0 Å². The Bertz CT molecular complexity index is 193. The molecule has 0 aromatic rings. The van der Waals surface area contributed by atoms with Crippen molar-refractivity contribution in [2.75, 3.05) is 0 Å². The quantitative estimate of drug-likeness (QED) is 0.416. The van der Waals surface area contributed by atoms with E-state index in [0.717, 1.165) is 35.5 Å². The highest BCUT2D eigenvalue weighted by molar-refractivity contribution is 4.67. The van der Waals surface area contributed by atoms with Crippen LogP contribution in [0.15, 0.2) is 0 Å². The van der Waals surface area contributed by atoms with Gasteiger partial charge in [0, 0.05) is 0 Å². The Hall–Kier alpha value is 0. The van der Waals surface area contributed by atoms with Gasteiger partial charge >= 0.3 is 0 Å². The number of hydrogen-bond acceptors (Lipinski definition) is 0. The van der Waals surface area contributed by atoms with Crippen LogP contribution in [0, 0.1) is 35.5 Å². The highest BCUT2D eigenvalue weighted by Gasteiger charge is 2.14. The molecule has 0 aliphatic heterocycles. The van der Waals surface area contributed by atoms with Crippen molar-refractivity contribution in [3.8, 4) is 0 Å². The van der Waals surface area contributed by atoms with Gasteiger partial charge in [0.05, 0.1) is 0 Å². The molecule has 0 amide bonds. The van der Waals surface area contributed by atoms with E-state index in [1.807, 2.05) is 0 Å². The molecule has 3 rings (SSSR count). The monoisotopic (exact) mass is 336 g/mol. The predicted octanol–water partition coefficient (Wildman–Crippen LogP) is 8.50. The van der Waals surface area contributed by atoms with Crippen molar-refractivity contribution < 1.29 is 0 Å². The second kappa shape index (κ2) is 12.4. The third-order valence-electron chi connectivity index (χ3n) is 6.91. The van der Waals surface area contributed by atoms with Gasteiger partial charge in [0.25, 0.3) is 0 Å². The summed E-state index contributed by atoms with van der Waals surface area (Å²) >= 11 is 0. The van der Waals surface area contributed by atoms with Crippen LogP contribution < -0.4 is 0 Å². The van der Waals surface area contributed by atoms with E-state index in [0.29, 0.717) is 0 Å². The first-order chi connectivity index (χ1) is 11.4. The van der Waals surface area contributed by atoms with Gasteiger partial charge in [0.2, 0.25) is 0 Å². The molecule has 0 bridgehead atoms. The molecular formula is C24H48. The Morgan fingerprint density at radius 2 is 0.333 bits per heavy atom. The summed E-state index contributed by atoms with van der Waals surface area (Å²) < 4.78 is 0. The van der Waals surface area contributed by atoms with Crippen LogP contribution in [0.3, 0.4) is 0 Å². The van der Waals surface area contributed by atoms with E-state index >= 15 is 0 Å². The molecule has 0 N–H and O–H groups in total. The van der Waals surface area contributed by atoms with Crippen LogP contribution >= 0.6 is 0 Å². The topological polar surface area (TPSA) is 0 Å². The number of rotatable bonds is 0. The lowest BCUT2D eigenvalue weighted by Crippen LogP contribution is -2.08. The Morgan fingerprint density at radius 1 is 0.250 bits per heavy atom. The van der Waals surface area contributed by atoms with Crippen molar-refractivity contribution in [2.24, 2.45) is 35.5 Å². The van der Waals surface area contributed by atoms with Crippen LogP contribution in [0.2, 0.25) is 0 Å². The second-order valence-corrected chi connectivity index (χ2v) is 10.1. The van der Waals surface area contributed by atoms with E-state index in [4.69, 9.17) is 0 Å². The third kappa shape index (κ3) is 10.8. The van der Waals surface area contributed by atoms with Gasteiger partial charge < -0.3 is 0 Å². The zero-order valence-corrected chi connectivity index (χ0v) is 17.9.